The number of halogens is 1. The molecule has 1 N–H and O–H groups in total. The Balaban J connectivity index is 2.01. The van der Waals surface area contributed by atoms with Crippen molar-refractivity contribution >= 4 is 40.5 Å². The van der Waals surface area contributed by atoms with Gasteiger partial charge in [0.1, 0.15) is 6.54 Å². The maximum Gasteiger partial charge on any atom is 0.260 e. The van der Waals surface area contributed by atoms with E-state index in [0.717, 1.165) is 18.8 Å². The van der Waals surface area contributed by atoms with Gasteiger partial charge in [-0.15, -0.1) is 0 Å². The molecule has 142 valence electrons. The molecule has 27 heavy (non-hydrogen) atoms. The number of hydrogen-bond donors (Lipinski definition) is 1. The van der Waals surface area contributed by atoms with Gasteiger partial charge >= 0.3 is 0 Å². The number of fused-ring (bicyclic) bond motifs is 1. The van der Waals surface area contributed by atoms with Crippen LogP contribution in [0.2, 0.25) is 5.02 Å². The zero-order valence-electron chi connectivity index (χ0n) is 15.7. The minimum atomic E-state index is -0.254. The lowest BCUT2D eigenvalue weighted by molar-refractivity contribution is -0.114. The SMILES string of the molecule is CN(C)CCN(C)c1cccc2c1NC(=O)CN(c1ccccc1Cl)C2=O. The summed E-state index contributed by atoms with van der Waals surface area (Å²) in [4.78, 5) is 31.3. The molecule has 0 atom stereocenters. The van der Waals surface area contributed by atoms with E-state index in [1.807, 2.05) is 38.2 Å². The molecule has 0 saturated heterocycles. The van der Waals surface area contributed by atoms with Crippen molar-refractivity contribution in [2.75, 3.05) is 55.9 Å². The first-order chi connectivity index (χ1) is 12.9. The van der Waals surface area contributed by atoms with Crippen LogP contribution < -0.4 is 15.1 Å². The molecule has 0 unspecified atom stereocenters. The van der Waals surface area contributed by atoms with Crippen molar-refractivity contribution in [1.29, 1.82) is 0 Å². The second kappa shape index (κ2) is 7.98. The van der Waals surface area contributed by atoms with Gasteiger partial charge in [-0.1, -0.05) is 29.8 Å². The molecule has 0 spiro atoms. The highest BCUT2D eigenvalue weighted by atomic mass is 35.5. The average molecular weight is 387 g/mol. The highest BCUT2D eigenvalue weighted by Gasteiger charge is 2.30. The smallest absolute Gasteiger partial charge is 0.260 e. The monoisotopic (exact) mass is 386 g/mol. The molecule has 2 aromatic rings. The maximum atomic E-state index is 13.2. The molecule has 2 amide bonds. The molecule has 1 heterocycles. The van der Waals surface area contributed by atoms with E-state index in [1.54, 1.807) is 30.3 Å². The minimum absolute atomic E-state index is 0.0852. The number of anilines is 3. The largest absolute Gasteiger partial charge is 0.372 e. The molecular formula is C20H23ClN4O2. The summed E-state index contributed by atoms with van der Waals surface area (Å²) in [6.07, 6.45) is 0. The van der Waals surface area contributed by atoms with E-state index in [4.69, 9.17) is 11.6 Å². The van der Waals surface area contributed by atoms with Crippen LogP contribution in [0.25, 0.3) is 0 Å². The van der Waals surface area contributed by atoms with Gasteiger partial charge in [0.25, 0.3) is 5.91 Å². The summed E-state index contributed by atoms with van der Waals surface area (Å²) in [5.41, 5.74) is 2.34. The normalized spacial score (nSPS) is 14.0. The topological polar surface area (TPSA) is 55.9 Å². The third-order valence-electron chi connectivity index (χ3n) is 4.52. The van der Waals surface area contributed by atoms with Gasteiger partial charge in [0.05, 0.1) is 27.6 Å². The molecule has 0 bridgehead atoms. The summed E-state index contributed by atoms with van der Waals surface area (Å²) >= 11 is 6.27. The molecule has 6 nitrogen and oxygen atoms in total. The van der Waals surface area contributed by atoms with E-state index < -0.39 is 0 Å². The van der Waals surface area contributed by atoms with E-state index >= 15 is 0 Å². The second-order valence-electron chi connectivity index (χ2n) is 6.82. The van der Waals surface area contributed by atoms with Crippen LogP contribution >= 0.6 is 11.6 Å². The van der Waals surface area contributed by atoms with E-state index in [9.17, 15) is 9.59 Å². The third-order valence-corrected chi connectivity index (χ3v) is 4.84. The zero-order chi connectivity index (χ0) is 19.6. The molecule has 0 aromatic heterocycles. The van der Waals surface area contributed by atoms with Crippen LogP contribution in [0.5, 0.6) is 0 Å². The van der Waals surface area contributed by atoms with Gasteiger partial charge in [0, 0.05) is 20.1 Å². The molecule has 7 heteroatoms. The highest BCUT2D eigenvalue weighted by Crippen LogP contribution is 2.34. The standard InChI is InChI=1S/C20H23ClN4O2/c1-23(2)11-12-24(3)17-10-6-7-14-19(17)22-18(26)13-25(20(14)27)16-9-5-4-8-15(16)21/h4-10H,11-13H2,1-3H3,(H,22,26). The van der Waals surface area contributed by atoms with Crippen molar-refractivity contribution < 1.29 is 9.59 Å². The molecule has 1 aliphatic heterocycles. The van der Waals surface area contributed by atoms with Gasteiger partial charge in [-0.3, -0.25) is 14.5 Å². The molecule has 1 aliphatic rings. The zero-order valence-corrected chi connectivity index (χ0v) is 16.5. The van der Waals surface area contributed by atoms with Gasteiger partial charge < -0.3 is 15.1 Å². The Morgan fingerprint density at radius 1 is 1.04 bits per heavy atom. The Morgan fingerprint density at radius 3 is 2.48 bits per heavy atom. The van der Waals surface area contributed by atoms with E-state index in [0.29, 0.717) is 22.0 Å². The number of hydrogen-bond acceptors (Lipinski definition) is 4. The molecule has 3 rings (SSSR count). The molecular weight excluding hydrogens is 364 g/mol. The highest BCUT2D eigenvalue weighted by molar-refractivity contribution is 6.34. The van der Waals surface area contributed by atoms with Gasteiger partial charge in [-0.25, -0.2) is 0 Å². The molecule has 0 saturated carbocycles. The Kier molecular flexibility index (Phi) is 5.68. The number of nitrogens with one attached hydrogen (secondary N) is 1. The number of para-hydroxylation sites is 2. The number of amides is 2. The van der Waals surface area contributed by atoms with Crippen molar-refractivity contribution in [3.63, 3.8) is 0 Å². The molecule has 2 aromatic carbocycles. The summed E-state index contributed by atoms with van der Waals surface area (Å²) in [6.45, 7) is 1.54. The van der Waals surface area contributed by atoms with E-state index in [-0.39, 0.29) is 18.4 Å². The lowest BCUT2D eigenvalue weighted by Gasteiger charge is -2.25. The lowest BCUT2D eigenvalue weighted by atomic mass is 10.1. The number of benzene rings is 2. The van der Waals surface area contributed by atoms with Crippen molar-refractivity contribution in [2.24, 2.45) is 0 Å². The number of rotatable bonds is 5. The number of carbonyl (C=O) groups excluding carboxylic acids is 2. The Labute approximate surface area is 164 Å². The Hall–Kier alpha value is -2.57. The molecule has 0 aliphatic carbocycles. The van der Waals surface area contributed by atoms with Gasteiger partial charge in [0.2, 0.25) is 5.91 Å². The quantitative estimate of drug-likeness (QED) is 0.858. The number of nitrogens with zero attached hydrogens (tertiary/aromatic N) is 3. The average Bonchev–Trinajstić information content (AvgIpc) is 2.76. The fourth-order valence-corrected chi connectivity index (χ4v) is 3.28. The first kappa shape index (κ1) is 19.2. The van der Waals surface area contributed by atoms with Crippen LogP contribution in [0.3, 0.4) is 0 Å². The van der Waals surface area contributed by atoms with Crippen LogP contribution in [0, 0.1) is 0 Å². The molecule has 0 fully saturated rings. The fourth-order valence-electron chi connectivity index (χ4n) is 3.04. The fraction of sp³-hybridized carbons (Fsp3) is 0.300. The first-order valence-corrected chi connectivity index (χ1v) is 9.11. The van der Waals surface area contributed by atoms with Gasteiger partial charge in [0.15, 0.2) is 0 Å². The summed E-state index contributed by atoms with van der Waals surface area (Å²) in [5.74, 6) is -0.505. The van der Waals surface area contributed by atoms with E-state index in [1.165, 1.54) is 4.90 Å². The maximum absolute atomic E-state index is 13.2. The van der Waals surface area contributed by atoms with Crippen LogP contribution in [0.15, 0.2) is 42.5 Å². The summed E-state index contributed by atoms with van der Waals surface area (Å²) in [7, 11) is 5.96. The van der Waals surface area contributed by atoms with Gasteiger partial charge in [-0.05, 0) is 38.4 Å². The number of carbonyl (C=O) groups is 2. The van der Waals surface area contributed by atoms with Crippen molar-refractivity contribution in [1.82, 2.24) is 4.90 Å². The lowest BCUT2D eigenvalue weighted by Crippen LogP contribution is -2.35. The minimum Gasteiger partial charge on any atom is -0.372 e. The summed E-state index contributed by atoms with van der Waals surface area (Å²) in [5, 5.41) is 3.34. The van der Waals surface area contributed by atoms with Gasteiger partial charge in [-0.2, -0.15) is 0 Å². The van der Waals surface area contributed by atoms with Crippen LogP contribution in [-0.2, 0) is 4.79 Å². The van der Waals surface area contributed by atoms with Crippen LogP contribution in [0.1, 0.15) is 10.4 Å². The predicted molar refractivity (Wildman–Crippen MR) is 110 cm³/mol. The summed E-state index contributed by atoms with van der Waals surface area (Å²) in [6, 6.07) is 12.5. The predicted octanol–water partition coefficient (Wildman–Crippen LogP) is 2.94. The Bertz CT molecular complexity index is 869. The van der Waals surface area contributed by atoms with Crippen molar-refractivity contribution in [2.45, 2.75) is 0 Å². The van der Waals surface area contributed by atoms with Crippen LogP contribution in [-0.4, -0.2) is 57.5 Å². The Morgan fingerprint density at radius 2 is 1.78 bits per heavy atom. The first-order valence-electron chi connectivity index (χ1n) is 8.73. The van der Waals surface area contributed by atoms with Crippen molar-refractivity contribution in [3.05, 3.63) is 53.1 Å². The van der Waals surface area contributed by atoms with E-state index in [2.05, 4.69) is 10.2 Å². The molecule has 0 radical (unpaired) electrons. The second-order valence-corrected chi connectivity index (χ2v) is 7.22. The summed E-state index contributed by atoms with van der Waals surface area (Å²) < 4.78 is 0. The van der Waals surface area contributed by atoms with Crippen molar-refractivity contribution in [3.8, 4) is 0 Å². The third kappa shape index (κ3) is 4.07. The van der Waals surface area contributed by atoms with Crippen LogP contribution in [0.4, 0.5) is 17.1 Å². The number of likely N-dealkylation sites (N-methyl/N-ethyl adjacent to an activating group) is 2.